The average Bonchev–Trinajstić information content (AvgIpc) is 2.48. The van der Waals surface area contributed by atoms with E-state index < -0.39 is 5.97 Å². The van der Waals surface area contributed by atoms with Crippen molar-refractivity contribution in [1.29, 1.82) is 0 Å². The van der Waals surface area contributed by atoms with Crippen LogP contribution in [0.3, 0.4) is 0 Å². The lowest BCUT2D eigenvalue weighted by Gasteiger charge is -2.32. The Bertz CT molecular complexity index is 536. The first-order chi connectivity index (χ1) is 9.99. The number of carboxylic acid groups (broad SMARTS) is 1. The second-order valence-corrected chi connectivity index (χ2v) is 6.43. The highest BCUT2D eigenvalue weighted by Gasteiger charge is 2.25. The number of hydrogen-bond acceptors (Lipinski definition) is 2. The monoisotopic (exact) mass is 353 g/mol. The van der Waals surface area contributed by atoms with Gasteiger partial charge >= 0.3 is 5.97 Å². The molecule has 0 atom stereocenters. The van der Waals surface area contributed by atoms with Crippen molar-refractivity contribution in [1.82, 2.24) is 4.90 Å². The summed E-state index contributed by atoms with van der Waals surface area (Å²) in [6.45, 7) is 3.38. The van der Waals surface area contributed by atoms with E-state index in [2.05, 4.69) is 15.9 Å². The van der Waals surface area contributed by atoms with Gasteiger partial charge in [-0.2, -0.15) is 0 Å². The van der Waals surface area contributed by atoms with Gasteiger partial charge in [0.1, 0.15) is 0 Å². The Morgan fingerprint density at radius 1 is 1.33 bits per heavy atom. The summed E-state index contributed by atoms with van der Waals surface area (Å²) in [4.78, 5) is 25.0. The van der Waals surface area contributed by atoms with E-state index in [1.54, 1.807) is 0 Å². The number of halogens is 1. The molecule has 1 saturated heterocycles. The van der Waals surface area contributed by atoms with Crippen LogP contribution in [0.5, 0.6) is 0 Å². The Morgan fingerprint density at radius 2 is 2.00 bits per heavy atom. The van der Waals surface area contributed by atoms with Crippen LogP contribution in [0, 0.1) is 12.8 Å². The summed E-state index contributed by atoms with van der Waals surface area (Å²) >= 11 is 3.46. The van der Waals surface area contributed by atoms with Crippen LogP contribution in [0.15, 0.2) is 22.7 Å². The third-order valence-corrected chi connectivity index (χ3v) is 5.03. The molecule has 21 heavy (non-hydrogen) atoms. The maximum absolute atomic E-state index is 12.6. The summed E-state index contributed by atoms with van der Waals surface area (Å²) in [6, 6.07) is 5.67. The first-order valence-electron chi connectivity index (χ1n) is 7.25. The minimum atomic E-state index is -0.738. The Morgan fingerprint density at radius 3 is 2.62 bits per heavy atom. The molecule has 114 valence electrons. The number of carboxylic acids is 1. The predicted octanol–water partition coefficient (Wildman–Crippen LogP) is 3.47. The van der Waals surface area contributed by atoms with Crippen LogP contribution in [-0.4, -0.2) is 35.0 Å². The molecule has 1 N–H and O–H groups in total. The van der Waals surface area contributed by atoms with Crippen molar-refractivity contribution in [2.45, 2.75) is 32.6 Å². The Kier molecular flexibility index (Phi) is 5.39. The summed E-state index contributed by atoms with van der Waals surface area (Å²) in [5.74, 6) is -0.238. The lowest BCUT2D eigenvalue weighted by Crippen LogP contribution is -2.38. The fourth-order valence-electron chi connectivity index (χ4n) is 2.76. The number of hydrogen-bond donors (Lipinski definition) is 1. The van der Waals surface area contributed by atoms with Crippen LogP contribution in [0.4, 0.5) is 0 Å². The zero-order valence-electron chi connectivity index (χ0n) is 12.1. The van der Waals surface area contributed by atoms with Gasteiger partial charge in [0.05, 0.1) is 0 Å². The fraction of sp³-hybridized carbons (Fsp3) is 0.500. The number of benzene rings is 1. The highest BCUT2D eigenvalue weighted by Crippen LogP contribution is 2.25. The minimum absolute atomic E-state index is 0.0745. The quantitative estimate of drug-likeness (QED) is 0.901. The lowest BCUT2D eigenvalue weighted by molar-refractivity contribution is -0.137. The third kappa shape index (κ3) is 4.06. The zero-order chi connectivity index (χ0) is 15.4. The first-order valence-corrected chi connectivity index (χ1v) is 8.04. The SMILES string of the molecule is Cc1c(Br)cccc1C(=O)N1CCC(CCC(=O)O)CC1. The van der Waals surface area contributed by atoms with Crippen molar-refractivity contribution in [3.63, 3.8) is 0 Å². The number of piperidine rings is 1. The second kappa shape index (κ2) is 7.07. The molecule has 1 fully saturated rings. The molecule has 4 nitrogen and oxygen atoms in total. The number of carbonyl (C=O) groups excluding carboxylic acids is 1. The van der Waals surface area contributed by atoms with E-state index in [9.17, 15) is 9.59 Å². The van der Waals surface area contributed by atoms with Crippen molar-refractivity contribution in [3.8, 4) is 0 Å². The van der Waals surface area contributed by atoms with E-state index in [1.807, 2.05) is 30.0 Å². The van der Waals surface area contributed by atoms with Gasteiger partial charge in [-0.25, -0.2) is 0 Å². The van der Waals surface area contributed by atoms with E-state index in [-0.39, 0.29) is 12.3 Å². The van der Waals surface area contributed by atoms with Gasteiger partial charge in [-0.1, -0.05) is 22.0 Å². The smallest absolute Gasteiger partial charge is 0.303 e. The summed E-state index contributed by atoms with van der Waals surface area (Å²) in [6.07, 6.45) is 2.73. The molecule has 0 radical (unpaired) electrons. The number of rotatable bonds is 4. The molecule has 0 bridgehead atoms. The first kappa shape index (κ1) is 16.0. The molecule has 5 heteroatoms. The molecule has 1 aliphatic rings. The number of nitrogens with zero attached hydrogens (tertiary/aromatic N) is 1. The molecule has 1 amide bonds. The predicted molar refractivity (Wildman–Crippen MR) is 84.4 cm³/mol. The molecule has 0 aliphatic carbocycles. The van der Waals surface area contributed by atoms with Gasteiger partial charge in [0.15, 0.2) is 0 Å². The molecule has 0 saturated carbocycles. The molecule has 1 aromatic rings. The topological polar surface area (TPSA) is 57.6 Å². The minimum Gasteiger partial charge on any atom is -0.481 e. The van der Waals surface area contributed by atoms with Crippen molar-refractivity contribution in [3.05, 3.63) is 33.8 Å². The molecule has 1 aliphatic heterocycles. The van der Waals surface area contributed by atoms with Crippen molar-refractivity contribution < 1.29 is 14.7 Å². The van der Waals surface area contributed by atoms with Crippen molar-refractivity contribution in [2.24, 2.45) is 5.92 Å². The van der Waals surface area contributed by atoms with Crippen LogP contribution in [0.25, 0.3) is 0 Å². The van der Waals surface area contributed by atoms with Crippen LogP contribution >= 0.6 is 15.9 Å². The van der Waals surface area contributed by atoms with E-state index >= 15 is 0 Å². The van der Waals surface area contributed by atoms with E-state index in [0.717, 1.165) is 41.5 Å². The normalized spacial score (nSPS) is 16.0. The summed E-state index contributed by atoms with van der Waals surface area (Å²) in [5.41, 5.74) is 1.71. The van der Waals surface area contributed by atoms with Gasteiger partial charge in [-0.3, -0.25) is 9.59 Å². The molecular weight excluding hydrogens is 334 g/mol. The number of amides is 1. The van der Waals surface area contributed by atoms with Gasteiger partial charge < -0.3 is 10.0 Å². The second-order valence-electron chi connectivity index (χ2n) is 5.58. The largest absolute Gasteiger partial charge is 0.481 e. The molecule has 0 aromatic heterocycles. The molecular formula is C16H20BrNO3. The van der Waals surface area contributed by atoms with E-state index in [0.29, 0.717) is 12.3 Å². The van der Waals surface area contributed by atoms with Gasteiger partial charge in [-0.05, 0) is 49.8 Å². The zero-order valence-corrected chi connectivity index (χ0v) is 13.7. The molecule has 1 heterocycles. The van der Waals surface area contributed by atoms with Crippen LogP contribution in [-0.2, 0) is 4.79 Å². The Balaban J connectivity index is 1.94. The van der Waals surface area contributed by atoms with Crippen LogP contribution in [0.1, 0.15) is 41.6 Å². The summed E-state index contributed by atoms with van der Waals surface area (Å²) in [5, 5.41) is 8.72. The fourth-order valence-corrected chi connectivity index (χ4v) is 3.13. The molecule has 2 rings (SSSR count). The number of aliphatic carboxylic acids is 1. The van der Waals surface area contributed by atoms with Crippen molar-refractivity contribution in [2.75, 3.05) is 13.1 Å². The van der Waals surface area contributed by atoms with Crippen LogP contribution in [0.2, 0.25) is 0 Å². The summed E-state index contributed by atoms with van der Waals surface area (Å²) in [7, 11) is 0. The molecule has 0 unspecified atom stereocenters. The number of carbonyl (C=O) groups is 2. The summed E-state index contributed by atoms with van der Waals surface area (Å²) < 4.78 is 0.949. The van der Waals surface area contributed by atoms with E-state index in [1.165, 1.54) is 0 Å². The Labute approximate surface area is 133 Å². The lowest BCUT2D eigenvalue weighted by atomic mass is 9.91. The maximum atomic E-state index is 12.6. The average molecular weight is 354 g/mol. The third-order valence-electron chi connectivity index (χ3n) is 4.17. The van der Waals surface area contributed by atoms with Crippen LogP contribution < -0.4 is 0 Å². The van der Waals surface area contributed by atoms with Gasteiger partial charge in [0.2, 0.25) is 0 Å². The highest BCUT2D eigenvalue weighted by atomic mass is 79.9. The van der Waals surface area contributed by atoms with Gasteiger partial charge in [0.25, 0.3) is 5.91 Å². The highest BCUT2D eigenvalue weighted by molar-refractivity contribution is 9.10. The van der Waals surface area contributed by atoms with Crippen molar-refractivity contribution >= 4 is 27.8 Å². The standard InChI is InChI=1S/C16H20BrNO3/c1-11-13(3-2-4-14(11)17)16(21)18-9-7-12(8-10-18)5-6-15(19)20/h2-4,12H,5-10H2,1H3,(H,19,20). The number of likely N-dealkylation sites (tertiary alicyclic amines) is 1. The maximum Gasteiger partial charge on any atom is 0.303 e. The Hall–Kier alpha value is -1.36. The van der Waals surface area contributed by atoms with E-state index in [4.69, 9.17) is 5.11 Å². The van der Waals surface area contributed by atoms with Gasteiger partial charge in [0, 0.05) is 29.5 Å². The van der Waals surface area contributed by atoms with Gasteiger partial charge in [-0.15, -0.1) is 0 Å². The molecule has 0 spiro atoms. The molecule has 1 aromatic carbocycles.